The Bertz CT molecular complexity index is 726. The highest BCUT2D eigenvalue weighted by atomic mass is 16.5. The molecule has 2 rings (SSSR count). The number of ether oxygens (including phenoxy) is 2. The molecule has 0 saturated heterocycles. The van der Waals surface area contributed by atoms with E-state index in [9.17, 15) is 9.59 Å². The van der Waals surface area contributed by atoms with Crippen LogP contribution in [0.15, 0.2) is 48.5 Å². The molecule has 0 aliphatic rings. The normalized spacial score (nSPS) is 10.0. The van der Waals surface area contributed by atoms with Gasteiger partial charge in [0.2, 0.25) is 0 Å². The zero-order chi connectivity index (χ0) is 18.2. The number of carbonyl (C=O) groups excluding carboxylic acids is 2. The third-order valence-corrected chi connectivity index (χ3v) is 3.40. The predicted octanol–water partition coefficient (Wildman–Crippen LogP) is 2.80. The van der Waals surface area contributed by atoms with Gasteiger partial charge in [-0.25, -0.2) is 0 Å². The van der Waals surface area contributed by atoms with Crippen molar-refractivity contribution >= 4 is 17.5 Å². The smallest absolute Gasteiger partial charge is 0.259 e. The molecular weight excluding hydrogens is 320 g/mol. The molecule has 0 fully saturated rings. The molecule has 0 aliphatic heterocycles. The van der Waals surface area contributed by atoms with Crippen molar-refractivity contribution in [3.05, 3.63) is 54.1 Å². The van der Waals surface area contributed by atoms with E-state index in [4.69, 9.17) is 9.47 Å². The minimum atomic E-state index is -0.250. The Hall–Kier alpha value is -3.02. The number of para-hydroxylation sites is 1. The molecule has 0 heterocycles. The van der Waals surface area contributed by atoms with E-state index in [-0.39, 0.29) is 18.4 Å². The van der Waals surface area contributed by atoms with E-state index < -0.39 is 0 Å². The second kappa shape index (κ2) is 8.73. The molecule has 0 aromatic heterocycles. The zero-order valence-corrected chi connectivity index (χ0v) is 14.6. The lowest BCUT2D eigenvalue weighted by atomic mass is 10.2. The fourth-order valence-electron chi connectivity index (χ4n) is 2.04. The van der Waals surface area contributed by atoms with Gasteiger partial charge in [-0.3, -0.25) is 9.59 Å². The van der Waals surface area contributed by atoms with Gasteiger partial charge < -0.3 is 19.7 Å². The Morgan fingerprint density at radius 2 is 1.68 bits per heavy atom. The molecule has 0 atom stereocenters. The largest absolute Gasteiger partial charge is 0.493 e. The van der Waals surface area contributed by atoms with Crippen molar-refractivity contribution in [2.45, 2.75) is 6.92 Å². The molecule has 0 radical (unpaired) electrons. The number of hydrogen-bond donors (Lipinski definition) is 1. The third-order valence-electron chi connectivity index (χ3n) is 3.40. The molecule has 0 saturated carbocycles. The van der Waals surface area contributed by atoms with Gasteiger partial charge in [0.25, 0.3) is 11.8 Å². The minimum absolute atomic E-state index is 0.0273. The van der Waals surface area contributed by atoms with Gasteiger partial charge in [-0.2, -0.15) is 0 Å². The Kier molecular flexibility index (Phi) is 6.39. The highest BCUT2D eigenvalue weighted by molar-refractivity contribution is 6.06. The van der Waals surface area contributed by atoms with Gasteiger partial charge in [-0.05, 0) is 43.3 Å². The lowest BCUT2D eigenvalue weighted by molar-refractivity contribution is -0.130. The molecular formula is C19H22N2O4. The lowest BCUT2D eigenvalue weighted by Crippen LogP contribution is -2.27. The first-order chi connectivity index (χ1) is 12.0. The van der Waals surface area contributed by atoms with E-state index in [0.717, 1.165) is 0 Å². The van der Waals surface area contributed by atoms with Crippen LogP contribution in [0.1, 0.15) is 17.3 Å². The van der Waals surface area contributed by atoms with Gasteiger partial charge in [0, 0.05) is 19.8 Å². The van der Waals surface area contributed by atoms with Crippen LogP contribution in [-0.2, 0) is 4.79 Å². The van der Waals surface area contributed by atoms with Crippen molar-refractivity contribution in [1.82, 2.24) is 4.90 Å². The fraction of sp³-hybridized carbons (Fsp3) is 0.263. The number of hydrogen-bond acceptors (Lipinski definition) is 4. The van der Waals surface area contributed by atoms with Gasteiger partial charge in [-0.15, -0.1) is 0 Å². The number of rotatable bonds is 7. The van der Waals surface area contributed by atoms with Crippen molar-refractivity contribution < 1.29 is 19.1 Å². The van der Waals surface area contributed by atoms with Gasteiger partial charge in [0.1, 0.15) is 11.5 Å². The van der Waals surface area contributed by atoms with Gasteiger partial charge in [-0.1, -0.05) is 12.1 Å². The summed E-state index contributed by atoms with van der Waals surface area (Å²) in [5.41, 5.74) is 1.10. The molecule has 132 valence electrons. The Morgan fingerprint density at radius 1 is 1.00 bits per heavy atom. The Balaban J connectivity index is 1.99. The number of likely N-dealkylation sites (N-methyl/N-ethyl adjacent to an activating group) is 1. The van der Waals surface area contributed by atoms with Crippen LogP contribution in [0.4, 0.5) is 5.69 Å². The van der Waals surface area contributed by atoms with E-state index >= 15 is 0 Å². The molecule has 6 heteroatoms. The third kappa shape index (κ3) is 5.24. The highest BCUT2D eigenvalue weighted by Crippen LogP contribution is 2.21. The van der Waals surface area contributed by atoms with Crippen LogP contribution >= 0.6 is 0 Å². The van der Waals surface area contributed by atoms with Crippen LogP contribution in [0.5, 0.6) is 11.5 Å². The number of benzene rings is 2. The quantitative estimate of drug-likeness (QED) is 0.840. The molecule has 0 aliphatic carbocycles. The number of amides is 2. The zero-order valence-electron chi connectivity index (χ0n) is 14.6. The summed E-state index contributed by atoms with van der Waals surface area (Å²) in [6.07, 6.45) is 0. The maximum atomic E-state index is 12.4. The molecule has 2 aromatic rings. The molecule has 0 bridgehead atoms. The first-order valence-electron chi connectivity index (χ1n) is 7.97. The van der Waals surface area contributed by atoms with E-state index in [1.54, 1.807) is 56.6 Å². The number of nitrogens with zero attached hydrogens (tertiary/aromatic N) is 1. The van der Waals surface area contributed by atoms with E-state index in [1.807, 2.05) is 13.0 Å². The summed E-state index contributed by atoms with van der Waals surface area (Å²) in [5.74, 6) is 0.734. The van der Waals surface area contributed by atoms with Gasteiger partial charge >= 0.3 is 0 Å². The monoisotopic (exact) mass is 342 g/mol. The van der Waals surface area contributed by atoms with Crippen molar-refractivity contribution in [2.75, 3.05) is 32.6 Å². The molecule has 0 unspecified atom stereocenters. The van der Waals surface area contributed by atoms with Crippen molar-refractivity contribution in [2.24, 2.45) is 0 Å². The Labute approximate surface area is 147 Å². The van der Waals surface area contributed by atoms with Crippen molar-refractivity contribution in [3.63, 3.8) is 0 Å². The second-order valence-electron chi connectivity index (χ2n) is 5.48. The van der Waals surface area contributed by atoms with Crippen LogP contribution in [0.25, 0.3) is 0 Å². The predicted molar refractivity (Wildman–Crippen MR) is 96.2 cm³/mol. The fourth-order valence-corrected chi connectivity index (χ4v) is 2.04. The molecule has 1 N–H and O–H groups in total. The van der Waals surface area contributed by atoms with E-state index in [1.165, 1.54) is 4.90 Å². The topological polar surface area (TPSA) is 67.9 Å². The SMILES string of the molecule is CCOc1ccccc1C(=O)Nc1ccc(OCC(=O)N(C)C)cc1. The molecule has 25 heavy (non-hydrogen) atoms. The van der Waals surface area contributed by atoms with Crippen molar-refractivity contribution in [1.29, 1.82) is 0 Å². The van der Waals surface area contributed by atoms with Crippen molar-refractivity contribution in [3.8, 4) is 11.5 Å². The van der Waals surface area contributed by atoms with Crippen LogP contribution in [-0.4, -0.2) is 44.0 Å². The molecule has 2 aromatic carbocycles. The van der Waals surface area contributed by atoms with Gasteiger partial charge in [0.05, 0.1) is 12.2 Å². The molecule has 6 nitrogen and oxygen atoms in total. The highest BCUT2D eigenvalue weighted by Gasteiger charge is 2.12. The van der Waals surface area contributed by atoms with Crippen LogP contribution in [0, 0.1) is 0 Å². The van der Waals surface area contributed by atoms with E-state index in [2.05, 4.69) is 5.32 Å². The average molecular weight is 342 g/mol. The summed E-state index contributed by atoms with van der Waals surface area (Å²) < 4.78 is 10.9. The molecule has 2 amide bonds. The van der Waals surface area contributed by atoms with E-state index in [0.29, 0.717) is 29.4 Å². The van der Waals surface area contributed by atoms with Gasteiger partial charge in [0.15, 0.2) is 6.61 Å². The summed E-state index contributed by atoms with van der Waals surface area (Å²) in [5, 5.41) is 2.82. The summed E-state index contributed by atoms with van der Waals surface area (Å²) in [6.45, 7) is 2.33. The number of carbonyl (C=O) groups is 2. The number of nitrogens with one attached hydrogen (secondary N) is 1. The standard InChI is InChI=1S/C19H22N2O4/c1-4-24-17-8-6-5-7-16(17)19(23)20-14-9-11-15(12-10-14)25-13-18(22)21(2)3/h5-12H,4,13H2,1-3H3,(H,20,23). The summed E-state index contributed by atoms with van der Waals surface area (Å²) in [6, 6.07) is 13.9. The summed E-state index contributed by atoms with van der Waals surface area (Å²) in [7, 11) is 3.34. The maximum absolute atomic E-state index is 12.4. The maximum Gasteiger partial charge on any atom is 0.259 e. The first-order valence-corrected chi connectivity index (χ1v) is 7.97. The average Bonchev–Trinajstić information content (AvgIpc) is 2.61. The Morgan fingerprint density at radius 3 is 2.32 bits per heavy atom. The summed E-state index contributed by atoms with van der Waals surface area (Å²) in [4.78, 5) is 25.4. The lowest BCUT2D eigenvalue weighted by Gasteiger charge is -2.12. The summed E-state index contributed by atoms with van der Waals surface area (Å²) >= 11 is 0. The molecule has 0 spiro atoms. The first kappa shape index (κ1) is 18.3. The minimum Gasteiger partial charge on any atom is -0.493 e. The second-order valence-corrected chi connectivity index (χ2v) is 5.48. The van der Waals surface area contributed by atoms with Crippen LogP contribution in [0.2, 0.25) is 0 Å². The van der Waals surface area contributed by atoms with Crippen LogP contribution < -0.4 is 14.8 Å². The van der Waals surface area contributed by atoms with Crippen LogP contribution in [0.3, 0.4) is 0 Å². The number of anilines is 1.